The number of sulfonamides is 2. The van der Waals surface area contributed by atoms with Gasteiger partial charge in [-0.1, -0.05) is 24.3 Å². The van der Waals surface area contributed by atoms with Gasteiger partial charge in [0.15, 0.2) is 0 Å². The lowest BCUT2D eigenvalue weighted by Crippen LogP contribution is -2.47. The molecule has 4 aromatic rings. The fourth-order valence-corrected chi connectivity index (χ4v) is 10.4. The second kappa shape index (κ2) is 11.5. The van der Waals surface area contributed by atoms with Gasteiger partial charge in [-0.25, -0.2) is 16.8 Å². The molecule has 0 unspecified atom stereocenters. The van der Waals surface area contributed by atoms with Crippen molar-refractivity contribution in [2.75, 3.05) is 105 Å². The lowest BCUT2D eigenvalue weighted by atomic mass is 9.90. The number of piperazine rings is 3. The number of hydrogen-bond donors (Lipinski definition) is 1. The summed E-state index contributed by atoms with van der Waals surface area (Å²) in [6, 6.07) is 10.1. The van der Waals surface area contributed by atoms with Crippen LogP contribution in [0.5, 0.6) is 0 Å². The molecule has 4 aromatic carbocycles. The molecule has 3 aliphatic rings. The number of nitrogen functional groups attached to an aromatic ring is 1. The number of rotatable bonds is 5. The van der Waals surface area contributed by atoms with E-state index in [1.54, 1.807) is 35.2 Å². The molecule has 1 amide bonds. The molecule has 246 valence electrons. The average molecular weight is 668 g/mol. The van der Waals surface area contributed by atoms with Crippen LogP contribution >= 0.6 is 0 Å². The van der Waals surface area contributed by atoms with Crippen molar-refractivity contribution in [2.24, 2.45) is 0 Å². The summed E-state index contributed by atoms with van der Waals surface area (Å²) in [6.45, 7) is 6.31. The van der Waals surface area contributed by atoms with Gasteiger partial charge in [0.25, 0.3) is 5.91 Å². The van der Waals surface area contributed by atoms with Crippen LogP contribution < -0.4 is 5.73 Å². The minimum atomic E-state index is -4.01. The molecule has 0 radical (unpaired) electrons. The highest BCUT2D eigenvalue weighted by Gasteiger charge is 2.35. The Balaban J connectivity index is 1.50. The Bertz CT molecular complexity index is 2050. The van der Waals surface area contributed by atoms with Crippen LogP contribution in [0.3, 0.4) is 0 Å². The maximum atomic E-state index is 14.4. The summed E-state index contributed by atoms with van der Waals surface area (Å²) in [5, 5.41) is 3.24. The van der Waals surface area contributed by atoms with E-state index in [9.17, 15) is 21.6 Å². The molecule has 12 nitrogen and oxygen atoms in total. The van der Waals surface area contributed by atoms with Gasteiger partial charge in [-0.05, 0) is 44.0 Å². The van der Waals surface area contributed by atoms with Crippen LogP contribution in [-0.2, 0) is 20.0 Å². The van der Waals surface area contributed by atoms with Crippen LogP contribution in [0.25, 0.3) is 32.3 Å². The van der Waals surface area contributed by atoms with E-state index in [0.717, 1.165) is 0 Å². The second-order valence-corrected chi connectivity index (χ2v) is 16.8. The quantitative estimate of drug-likeness (QED) is 0.248. The molecule has 3 saturated heterocycles. The lowest BCUT2D eigenvalue weighted by molar-refractivity contribution is 0.0666. The molecule has 3 fully saturated rings. The molecule has 2 N–H and O–H groups in total. The lowest BCUT2D eigenvalue weighted by Gasteiger charge is -2.34. The van der Waals surface area contributed by atoms with Gasteiger partial charge >= 0.3 is 0 Å². The summed E-state index contributed by atoms with van der Waals surface area (Å²) in [7, 11) is -2.00. The summed E-state index contributed by atoms with van der Waals surface area (Å²) in [5.74, 6) is -0.237. The maximum absolute atomic E-state index is 14.4. The molecule has 0 aromatic heterocycles. The van der Waals surface area contributed by atoms with Crippen molar-refractivity contribution in [2.45, 2.75) is 9.79 Å². The maximum Gasteiger partial charge on any atom is 0.254 e. The van der Waals surface area contributed by atoms with Crippen LogP contribution in [-0.4, -0.2) is 151 Å². The molecule has 0 spiro atoms. The van der Waals surface area contributed by atoms with E-state index in [4.69, 9.17) is 5.73 Å². The standard InChI is InChI=1S/C32H41N7O5S2/c1-34-8-14-37(15-9-34)32(40)26-20-28(45(41,42)38-16-10-35(2)11-17-38)24-7-5-23-27(33)21-29(25-6-4-22(26)30(24)31(23)25)46(43,44)39-18-12-36(3)13-19-39/h4-7,20-21H,8-19,33H2,1-3H3. The van der Waals surface area contributed by atoms with Crippen LogP contribution in [0.15, 0.2) is 46.2 Å². The second-order valence-electron chi connectivity index (χ2n) is 13.0. The van der Waals surface area contributed by atoms with Gasteiger partial charge in [0.1, 0.15) is 0 Å². The van der Waals surface area contributed by atoms with Crippen LogP contribution in [0.2, 0.25) is 0 Å². The van der Waals surface area contributed by atoms with Crippen LogP contribution in [0.1, 0.15) is 10.4 Å². The van der Waals surface area contributed by atoms with Gasteiger partial charge in [0.2, 0.25) is 20.0 Å². The largest absolute Gasteiger partial charge is 0.398 e. The molecule has 46 heavy (non-hydrogen) atoms. The minimum Gasteiger partial charge on any atom is -0.398 e. The van der Waals surface area contributed by atoms with Crippen molar-refractivity contribution in [3.05, 3.63) is 42.0 Å². The zero-order chi connectivity index (χ0) is 32.5. The summed E-state index contributed by atoms with van der Waals surface area (Å²) in [6.07, 6.45) is 0. The molecule has 0 saturated carbocycles. The predicted molar refractivity (Wildman–Crippen MR) is 180 cm³/mol. The Hall–Kier alpha value is -3.11. The molecule has 14 heteroatoms. The molecule has 0 atom stereocenters. The first-order valence-electron chi connectivity index (χ1n) is 15.8. The van der Waals surface area contributed by atoms with Crippen molar-refractivity contribution in [1.29, 1.82) is 0 Å². The smallest absolute Gasteiger partial charge is 0.254 e. The summed E-state index contributed by atoms with van der Waals surface area (Å²) >= 11 is 0. The minimum absolute atomic E-state index is 0.0577. The topological polar surface area (TPSA) is 131 Å². The zero-order valence-electron chi connectivity index (χ0n) is 26.6. The Labute approximate surface area is 270 Å². The highest BCUT2D eigenvalue weighted by atomic mass is 32.2. The normalized spacial score (nSPS) is 20.8. The van der Waals surface area contributed by atoms with Gasteiger partial charge in [-0.3, -0.25) is 4.79 Å². The van der Waals surface area contributed by atoms with Crippen LogP contribution in [0, 0.1) is 0 Å². The first-order valence-corrected chi connectivity index (χ1v) is 18.6. The molecule has 0 bridgehead atoms. The number of benzene rings is 4. The first kappa shape index (κ1) is 31.5. The van der Waals surface area contributed by atoms with Crippen molar-refractivity contribution in [1.82, 2.24) is 28.2 Å². The van der Waals surface area contributed by atoms with E-state index >= 15 is 0 Å². The SMILES string of the molecule is CN1CCN(C(=O)c2cc(S(=O)(=O)N3CCN(C)CC3)c3ccc4c(N)cc(S(=O)(=O)N5CCN(C)CC5)c5ccc2c3c45)CC1. The number of carbonyl (C=O) groups is 1. The fraction of sp³-hybridized carbons (Fsp3) is 0.469. The highest BCUT2D eigenvalue weighted by Crippen LogP contribution is 2.44. The third-order valence-electron chi connectivity index (χ3n) is 10.0. The zero-order valence-corrected chi connectivity index (χ0v) is 28.2. The van der Waals surface area contributed by atoms with Gasteiger partial charge in [0.05, 0.1) is 9.79 Å². The number of nitrogens with two attached hydrogens (primary N) is 1. The van der Waals surface area contributed by atoms with E-state index in [-0.39, 0.29) is 21.4 Å². The monoisotopic (exact) mass is 667 g/mol. The predicted octanol–water partition coefficient (Wildman–Crippen LogP) is 1.43. The van der Waals surface area contributed by atoms with Crippen molar-refractivity contribution >= 4 is 64.0 Å². The van der Waals surface area contributed by atoms with Gasteiger partial charge < -0.3 is 25.3 Å². The molecule has 0 aliphatic carbocycles. The third-order valence-corrected chi connectivity index (χ3v) is 13.9. The summed E-state index contributed by atoms with van der Waals surface area (Å²) in [4.78, 5) is 22.5. The van der Waals surface area contributed by atoms with Gasteiger partial charge in [-0.15, -0.1) is 0 Å². The van der Waals surface area contributed by atoms with Gasteiger partial charge in [0, 0.05) is 111 Å². The van der Waals surface area contributed by atoms with Crippen molar-refractivity contribution in [3.63, 3.8) is 0 Å². The molecule has 3 heterocycles. The first-order chi connectivity index (χ1) is 21.9. The molecule has 7 rings (SSSR count). The Morgan fingerprint density at radius 3 is 1.46 bits per heavy atom. The number of hydrogen-bond acceptors (Lipinski definition) is 9. The number of amides is 1. The van der Waals surface area contributed by atoms with E-state index in [2.05, 4.69) is 14.7 Å². The average Bonchev–Trinajstić information content (AvgIpc) is 3.04. The Kier molecular flexibility index (Phi) is 7.90. The van der Waals surface area contributed by atoms with E-state index < -0.39 is 20.0 Å². The van der Waals surface area contributed by atoms with Crippen LogP contribution in [0.4, 0.5) is 5.69 Å². The highest BCUT2D eigenvalue weighted by molar-refractivity contribution is 7.89. The molecule has 3 aliphatic heterocycles. The van der Waals surface area contributed by atoms with E-state index in [1.807, 2.05) is 21.1 Å². The number of anilines is 1. The van der Waals surface area contributed by atoms with Crippen molar-refractivity contribution < 1.29 is 21.6 Å². The van der Waals surface area contributed by atoms with Gasteiger partial charge in [-0.2, -0.15) is 8.61 Å². The number of nitrogens with zero attached hydrogens (tertiary/aromatic N) is 6. The summed E-state index contributed by atoms with van der Waals surface area (Å²) in [5.41, 5.74) is 7.18. The third kappa shape index (κ3) is 5.11. The number of carbonyl (C=O) groups excluding carboxylic acids is 1. The molecular formula is C32H41N7O5S2. The summed E-state index contributed by atoms with van der Waals surface area (Å²) < 4.78 is 60.1. The number of likely N-dealkylation sites (N-methyl/N-ethyl adjacent to an activating group) is 3. The Morgan fingerprint density at radius 1 is 0.565 bits per heavy atom. The molecular weight excluding hydrogens is 627 g/mol. The van der Waals surface area contributed by atoms with E-state index in [0.29, 0.717) is 116 Å². The Morgan fingerprint density at radius 2 is 0.957 bits per heavy atom. The van der Waals surface area contributed by atoms with E-state index in [1.165, 1.54) is 14.7 Å². The fourth-order valence-electron chi connectivity index (χ4n) is 7.07. The van der Waals surface area contributed by atoms with Crippen molar-refractivity contribution in [3.8, 4) is 0 Å².